The lowest BCUT2D eigenvalue weighted by Crippen LogP contribution is -2.42. The van der Waals surface area contributed by atoms with E-state index in [9.17, 15) is 17.9 Å². The molecule has 9 nitrogen and oxygen atoms in total. The Morgan fingerprint density at radius 1 is 1.24 bits per heavy atom. The molecule has 0 saturated carbocycles. The van der Waals surface area contributed by atoms with Gasteiger partial charge in [-0.05, 0) is 74.2 Å². The SMILES string of the molecule is CN1C[C@@H](F)C[C@@H]1CN(c1cnn(C)c1)S(=O)(=O)/N=C(\[O-])Nc1c2c(cc3c1CCC3)CCC2. The average molecular weight is 490 g/mol. The summed E-state index contributed by atoms with van der Waals surface area (Å²) in [5, 5.41) is 19.8. The number of halogens is 1. The van der Waals surface area contributed by atoms with Crippen molar-refractivity contribution in [3.8, 4) is 0 Å². The van der Waals surface area contributed by atoms with Crippen molar-refractivity contribution in [3.63, 3.8) is 0 Å². The zero-order chi connectivity index (χ0) is 24.0. The molecule has 2 aromatic rings. The lowest BCUT2D eigenvalue weighted by atomic mass is 9.99. The number of benzene rings is 1. The first kappa shape index (κ1) is 23.1. The maximum atomic E-state index is 13.9. The Bertz CT molecular complexity index is 1200. The second kappa shape index (κ2) is 8.84. The molecule has 184 valence electrons. The van der Waals surface area contributed by atoms with Gasteiger partial charge in [0, 0.05) is 31.5 Å². The summed E-state index contributed by atoms with van der Waals surface area (Å²) in [5.74, 6) is 0. The molecule has 1 aromatic heterocycles. The van der Waals surface area contributed by atoms with E-state index in [1.54, 1.807) is 25.2 Å². The third-order valence-corrected chi connectivity index (χ3v) is 8.49. The summed E-state index contributed by atoms with van der Waals surface area (Å²) in [6, 6.07) is 1.00. The number of nitrogens with one attached hydrogen (secondary N) is 1. The molecule has 1 saturated heterocycles. The molecule has 5 rings (SSSR count). The van der Waals surface area contributed by atoms with E-state index in [2.05, 4.69) is 20.9 Å². The van der Waals surface area contributed by atoms with Gasteiger partial charge < -0.3 is 10.4 Å². The van der Waals surface area contributed by atoms with E-state index in [4.69, 9.17) is 0 Å². The first-order chi connectivity index (χ1) is 16.2. The summed E-state index contributed by atoms with van der Waals surface area (Å²) >= 11 is 0. The van der Waals surface area contributed by atoms with E-state index in [0.717, 1.165) is 59.6 Å². The van der Waals surface area contributed by atoms with E-state index in [-0.39, 0.29) is 31.2 Å². The van der Waals surface area contributed by atoms with Gasteiger partial charge in [-0.25, -0.2) is 8.70 Å². The zero-order valence-corrected chi connectivity index (χ0v) is 20.3. The molecule has 2 aliphatic carbocycles. The van der Waals surface area contributed by atoms with Crippen LogP contribution in [0.3, 0.4) is 0 Å². The number of likely N-dealkylation sites (tertiary alicyclic amines) is 1. The highest BCUT2D eigenvalue weighted by Crippen LogP contribution is 2.38. The van der Waals surface area contributed by atoms with Gasteiger partial charge in [0.05, 0.1) is 24.5 Å². The zero-order valence-electron chi connectivity index (χ0n) is 19.5. The summed E-state index contributed by atoms with van der Waals surface area (Å²) in [6.07, 6.45) is 7.88. The van der Waals surface area contributed by atoms with Gasteiger partial charge in [0.2, 0.25) is 0 Å². The Balaban J connectivity index is 1.45. The maximum Gasteiger partial charge on any atom is 0.345 e. The molecular formula is C23H30FN6O3S-. The average Bonchev–Trinajstić information content (AvgIpc) is 3.53. The number of rotatable bonds is 6. The molecule has 1 fully saturated rings. The minimum atomic E-state index is -4.39. The molecule has 0 unspecified atom stereocenters. The first-order valence-corrected chi connectivity index (χ1v) is 13.2. The number of amidine groups is 1. The van der Waals surface area contributed by atoms with Crippen molar-refractivity contribution >= 4 is 27.6 Å². The molecule has 11 heteroatoms. The van der Waals surface area contributed by atoms with Gasteiger partial charge in [0.15, 0.2) is 0 Å². The molecule has 1 N–H and O–H groups in total. The minimum absolute atomic E-state index is 0.0160. The van der Waals surface area contributed by atoms with Gasteiger partial charge in [0.1, 0.15) is 6.17 Å². The summed E-state index contributed by atoms with van der Waals surface area (Å²) < 4.78 is 46.8. The van der Waals surface area contributed by atoms with E-state index >= 15 is 0 Å². The van der Waals surface area contributed by atoms with Crippen LogP contribution in [-0.2, 0) is 42.9 Å². The smallest absolute Gasteiger partial charge is 0.345 e. The highest BCUT2D eigenvalue weighted by atomic mass is 32.2. The number of hydrogen-bond donors (Lipinski definition) is 1. The number of alkyl halides is 1. The van der Waals surface area contributed by atoms with Crippen LogP contribution in [0.1, 0.15) is 41.5 Å². The van der Waals surface area contributed by atoms with Crippen LogP contribution in [0.25, 0.3) is 0 Å². The molecule has 2 heterocycles. The van der Waals surface area contributed by atoms with Gasteiger partial charge >= 0.3 is 10.2 Å². The Morgan fingerprint density at radius 3 is 2.47 bits per heavy atom. The van der Waals surface area contributed by atoms with E-state index in [1.807, 2.05) is 0 Å². The van der Waals surface area contributed by atoms with Crippen LogP contribution in [0, 0.1) is 0 Å². The molecular weight excluding hydrogens is 459 g/mol. The van der Waals surface area contributed by atoms with Crippen LogP contribution in [0.5, 0.6) is 0 Å². The largest absolute Gasteiger partial charge is 0.845 e. The molecule has 0 radical (unpaired) electrons. The summed E-state index contributed by atoms with van der Waals surface area (Å²) in [6.45, 7) is 0.227. The standard InChI is InChI=1S/C23H31FN6O3S/c1-28-12-17(24)10-18(28)14-30(19-11-25-29(2)13-19)34(32,33)27-23(31)26-22-20-7-3-5-15(20)9-16-6-4-8-21(16)22/h9,11,13,17-18H,3-8,10,12,14H2,1-2H3,(H2,26,27,31)/p-1/t17-,18+/m0/s1. The second-order valence-corrected chi connectivity index (χ2v) is 11.1. The van der Waals surface area contributed by atoms with Crippen LogP contribution in [0.4, 0.5) is 15.8 Å². The van der Waals surface area contributed by atoms with Gasteiger partial charge in [0.25, 0.3) is 0 Å². The summed E-state index contributed by atoms with van der Waals surface area (Å²) in [4.78, 5) is 1.79. The number of likely N-dealkylation sites (N-methyl/N-ethyl adjacent to an activating group) is 1. The summed E-state index contributed by atoms with van der Waals surface area (Å²) in [5.41, 5.74) is 5.72. The van der Waals surface area contributed by atoms with Crippen LogP contribution in [-0.4, -0.2) is 61.5 Å². The highest BCUT2D eigenvalue weighted by molar-refractivity contribution is 7.91. The summed E-state index contributed by atoms with van der Waals surface area (Å²) in [7, 11) is -0.957. The fourth-order valence-electron chi connectivity index (χ4n) is 5.54. The van der Waals surface area contributed by atoms with Gasteiger partial charge in [-0.2, -0.15) is 13.5 Å². The number of hydrogen-bond acceptors (Lipinski definition) is 5. The second-order valence-electron chi connectivity index (χ2n) is 9.56. The number of anilines is 2. The molecule has 34 heavy (non-hydrogen) atoms. The van der Waals surface area contributed by atoms with E-state index in [0.29, 0.717) is 0 Å². The third-order valence-electron chi connectivity index (χ3n) is 7.17. The number of aromatic nitrogens is 2. The predicted molar refractivity (Wildman–Crippen MR) is 127 cm³/mol. The Kier molecular flexibility index (Phi) is 6.01. The van der Waals surface area contributed by atoms with Crippen molar-refractivity contribution in [1.29, 1.82) is 0 Å². The molecule has 3 aliphatic rings. The van der Waals surface area contributed by atoms with Gasteiger partial charge in [-0.1, -0.05) is 6.07 Å². The normalized spacial score (nSPS) is 22.7. The lowest BCUT2D eigenvalue weighted by molar-refractivity contribution is -0.213. The van der Waals surface area contributed by atoms with E-state index in [1.165, 1.54) is 22.0 Å². The van der Waals surface area contributed by atoms with Gasteiger partial charge in [-0.15, -0.1) is 4.40 Å². The number of nitrogens with zero attached hydrogens (tertiary/aromatic N) is 5. The predicted octanol–water partition coefficient (Wildman–Crippen LogP) is 1.32. The van der Waals surface area contributed by atoms with Crippen molar-refractivity contribution < 1.29 is 17.9 Å². The van der Waals surface area contributed by atoms with Crippen molar-refractivity contribution in [2.45, 2.75) is 57.2 Å². The van der Waals surface area contributed by atoms with Crippen molar-refractivity contribution in [2.75, 3.05) is 29.8 Å². The fourth-order valence-corrected chi connectivity index (χ4v) is 6.61. The topological polar surface area (TPSA) is 106 Å². The third kappa shape index (κ3) is 4.38. The molecule has 0 spiro atoms. The number of fused-ring (bicyclic) bond motifs is 2. The van der Waals surface area contributed by atoms with Crippen molar-refractivity contribution in [2.24, 2.45) is 11.4 Å². The van der Waals surface area contributed by atoms with Crippen LogP contribution in [0.2, 0.25) is 0 Å². The maximum absolute atomic E-state index is 13.9. The molecule has 1 aliphatic heterocycles. The van der Waals surface area contributed by atoms with Crippen LogP contribution >= 0.6 is 0 Å². The monoisotopic (exact) mass is 489 g/mol. The van der Waals surface area contributed by atoms with Crippen LogP contribution < -0.4 is 14.7 Å². The molecule has 2 atom stereocenters. The lowest BCUT2D eigenvalue weighted by Gasteiger charge is -2.28. The van der Waals surface area contributed by atoms with Crippen molar-refractivity contribution in [1.82, 2.24) is 14.7 Å². The van der Waals surface area contributed by atoms with Gasteiger partial charge in [-0.3, -0.25) is 9.58 Å². The minimum Gasteiger partial charge on any atom is -0.845 e. The Hall–Kier alpha value is -2.66. The van der Waals surface area contributed by atoms with Crippen LogP contribution in [0.15, 0.2) is 22.9 Å². The van der Waals surface area contributed by atoms with Crippen molar-refractivity contribution in [3.05, 3.63) is 40.7 Å². The molecule has 0 bridgehead atoms. The highest BCUT2D eigenvalue weighted by Gasteiger charge is 2.34. The quantitative estimate of drug-likeness (QED) is 0.485. The number of aryl methyl sites for hydroxylation is 3. The van der Waals surface area contributed by atoms with E-state index < -0.39 is 22.4 Å². The molecule has 0 amide bonds. The fraction of sp³-hybridized carbons (Fsp3) is 0.565. The Morgan fingerprint density at radius 2 is 1.91 bits per heavy atom. The first-order valence-electron chi connectivity index (χ1n) is 11.8. The molecule has 1 aromatic carbocycles. The Labute approximate surface area is 199 Å².